The van der Waals surface area contributed by atoms with Gasteiger partial charge in [0.15, 0.2) is 0 Å². The van der Waals surface area contributed by atoms with E-state index in [1.807, 2.05) is 0 Å². The van der Waals surface area contributed by atoms with E-state index in [1.165, 1.54) is 61.8 Å². The van der Waals surface area contributed by atoms with E-state index in [9.17, 15) is 0 Å². The lowest BCUT2D eigenvalue weighted by molar-refractivity contribution is 0.0648. The molecular formula is C37H65N. The minimum Gasteiger partial charge on any atom is -0.385 e. The van der Waals surface area contributed by atoms with Gasteiger partial charge in [0.25, 0.3) is 0 Å². The predicted molar refractivity (Wildman–Crippen MR) is 169 cm³/mol. The second-order valence-corrected chi connectivity index (χ2v) is 16.1. The number of rotatable bonds is 3. The highest BCUT2D eigenvalue weighted by molar-refractivity contribution is 5.22. The lowest BCUT2D eigenvalue weighted by Gasteiger charge is -2.47. The third-order valence-corrected chi connectivity index (χ3v) is 12.0. The predicted octanol–water partition coefficient (Wildman–Crippen LogP) is 10.8. The Bertz CT molecular complexity index is 839. The lowest BCUT2D eigenvalue weighted by Crippen LogP contribution is -2.45. The smallest absolute Gasteiger partial charge is 0.0343 e. The van der Waals surface area contributed by atoms with Crippen LogP contribution in [0.5, 0.6) is 0 Å². The van der Waals surface area contributed by atoms with Crippen LogP contribution in [0.25, 0.3) is 0 Å². The molecule has 0 aromatic heterocycles. The first kappa shape index (κ1) is 31.5. The summed E-state index contributed by atoms with van der Waals surface area (Å²) in [5.74, 6) is 6.14. The van der Waals surface area contributed by atoms with Crippen LogP contribution in [0.4, 0.5) is 0 Å². The van der Waals surface area contributed by atoms with Crippen molar-refractivity contribution in [1.82, 2.24) is 5.32 Å². The Morgan fingerprint density at radius 3 is 2.03 bits per heavy atom. The highest BCUT2D eigenvalue weighted by Crippen LogP contribution is 2.53. The third kappa shape index (κ3) is 6.83. The van der Waals surface area contributed by atoms with Crippen LogP contribution in [-0.2, 0) is 0 Å². The number of hydrogen-bond acceptors (Lipinski definition) is 1. The maximum atomic E-state index is 4.83. The SMILES string of the molecule is C=C1CC2(C)C(CC)CC(=C)C(C)C(=C)C(C)C(CC3CC(C)CC(C)C3)C(C)(C)CC(C)CC(C)C2N1. The first-order valence-corrected chi connectivity index (χ1v) is 16.4. The highest BCUT2D eigenvalue weighted by Gasteiger charge is 2.48. The summed E-state index contributed by atoms with van der Waals surface area (Å²) in [5.41, 5.74) is 4.61. The van der Waals surface area contributed by atoms with Gasteiger partial charge in [0, 0.05) is 11.7 Å². The molecule has 1 aliphatic heterocycles. The molecule has 10 atom stereocenters. The Hall–Kier alpha value is -0.980. The van der Waals surface area contributed by atoms with Gasteiger partial charge in [0.05, 0.1) is 0 Å². The molecule has 3 aliphatic rings. The summed E-state index contributed by atoms with van der Waals surface area (Å²) in [6.45, 7) is 39.1. The highest BCUT2D eigenvalue weighted by atomic mass is 15.0. The van der Waals surface area contributed by atoms with Crippen LogP contribution in [0.15, 0.2) is 36.6 Å². The van der Waals surface area contributed by atoms with Crippen molar-refractivity contribution in [3.8, 4) is 0 Å². The fraction of sp³-hybridized carbons (Fsp3) is 0.838. The molecule has 1 heterocycles. The Labute approximate surface area is 238 Å². The Morgan fingerprint density at radius 1 is 0.842 bits per heavy atom. The molecule has 1 nitrogen and oxygen atoms in total. The molecule has 0 bridgehead atoms. The molecular weight excluding hydrogens is 458 g/mol. The van der Waals surface area contributed by atoms with E-state index in [-0.39, 0.29) is 5.41 Å². The largest absolute Gasteiger partial charge is 0.385 e. The zero-order chi connectivity index (χ0) is 28.6. The van der Waals surface area contributed by atoms with Crippen LogP contribution >= 0.6 is 0 Å². The van der Waals surface area contributed by atoms with Gasteiger partial charge < -0.3 is 5.32 Å². The molecule has 3 fully saturated rings. The van der Waals surface area contributed by atoms with Crippen LogP contribution in [0.3, 0.4) is 0 Å². The molecule has 3 rings (SSSR count). The molecule has 0 radical (unpaired) electrons. The van der Waals surface area contributed by atoms with Crippen molar-refractivity contribution in [1.29, 1.82) is 0 Å². The van der Waals surface area contributed by atoms with Crippen LogP contribution in [0, 0.1) is 64.1 Å². The lowest BCUT2D eigenvalue weighted by atomic mass is 9.59. The molecule has 0 spiro atoms. The van der Waals surface area contributed by atoms with Crippen molar-refractivity contribution in [2.24, 2.45) is 64.1 Å². The second-order valence-electron chi connectivity index (χ2n) is 16.1. The maximum Gasteiger partial charge on any atom is 0.0343 e. The summed E-state index contributed by atoms with van der Waals surface area (Å²) >= 11 is 0. The van der Waals surface area contributed by atoms with Gasteiger partial charge in [-0.25, -0.2) is 0 Å². The number of allylic oxidation sites excluding steroid dienone is 3. The van der Waals surface area contributed by atoms with Gasteiger partial charge in [0.2, 0.25) is 0 Å². The molecule has 10 unspecified atom stereocenters. The molecule has 1 heteroatoms. The van der Waals surface area contributed by atoms with Gasteiger partial charge in [-0.2, -0.15) is 0 Å². The van der Waals surface area contributed by atoms with Gasteiger partial charge in [-0.15, -0.1) is 0 Å². The minimum absolute atomic E-state index is 0.233. The van der Waals surface area contributed by atoms with Gasteiger partial charge in [-0.05, 0) is 115 Å². The molecule has 1 N–H and O–H groups in total. The first-order valence-electron chi connectivity index (χ1n) is 16.4. The first-order chi connectivity index (χ1) is 17.6. The zero-order valence-corrected chi connectivity index (χ0v) is 27.3. The Morgan fingerprint density at radius 2 is 1.45 bits per heavy atom. The number of fused-ring (bicyclic) bond motifs is 1. The van der Waals surface area contributed by atoms with Crippen molar-refractivity contribution in [2.45, 2.75) is 133 Å². The van der Waals surface area contributed by atoms with Crippen LogP contribution < -0.4 is 5.32 Å². The standard InChI is InChI=1S/C37H65N/c1-14-33-19-26(5)29(8)30(9)31(10)34(20-32-17-23(2)15-24(3)18-32)36(11,12)21-25(4)16-27(6)35-37(33,13)22-28(7)38-35/h23-25,27,29,31-35,38H,5,7,9,14-22H2,1-4,6,8,10-13H3. The van der Waals surface area contributed by atoms with Crippen LogP contribution in [0.1, 0.15) is 127 Å². The molecule has 0 amide bonds. The van der Waals surface area contributed by atoms with Gasteiger partial charge in [-0.3, -0.25) is 0 Å². The van der Waals surface area contributed by atoms with E-state index in [2.05, 4.69) is 81.1 Å². The molecule has 38 heavy (non-hydrogen) atoms. The molecule has 0 aromatic carbocycles. The van der Waals surface area contributed by atoms with Crippen molar-refractivity contribution in [3.63, 3.8) is 0 Å². The molecule has 0 aromatic rings. The van der Waals surface area contributed by atoms with E-state index in [1.54, 1.807) is 0 Å². The van der Waals surface area contributed by atoms with E-state index in [4.69, 9.17) is 13.2 Å². The van der Waals surface area contributed by atoms with Crippen molar-refractivity contribution >= 4 is 0 Å². The van der Waals surface area contributed by atoms with E-state index in [0.717, 1.165) is 30.6 Å². The Kier molecular flexibility index (Phi) is 10.2. The summed E-state index contributed by atoms with van der Waals surface area (Å²) < 4.78 is 0. The van der Waals surface area contributed by atoms with Gasteiger partial charge in [0.1, 0.15) is 0 Å². The molecule has 2 aliphatic carbocycles. The Balaban J connectivity index is 1.97. The summed E-state index contributed by atoms with van der Waals surface area (Å²) in [7, 11) is 0. The fourth-order valence-electron chi connectivity index (χ4n) is 10.2. The molecule has 2 saturated carbocycles. The summed E-state index contributed by atoms with van der Waals surface area (Å²) in [5, 5.41) is 3.90. The van der Waals surface area contributed by atoms with Crippen molar-refractivity contribution in [2.75, 3.05) is 0 Å². The van der Waals surface area contributed by atoms with E-state index in [0.29, 0.717) is 47.0 Å². The quantitative estimate of drug-likeness (QED) is 0.363. The topological polar surface area (TPSA) is 12.0 Å². The maximum absolute atomic E-state index is 4.83. The van der Waals surface area contributed by atoms with Crippen molar-refractivity contribution in [3.05, 3.63) is 36.6 Å². The fourth-order valence-corrected chi connectivity index (χ4v) is 10.2. The summed E-state index contributed by atoms with van der Waals surface area (Å²) in [6.07, 6.45) is 11.6. The average molecular weight is 524 g/mol. The van der Waals surface area contributed by atoms with Gasteiger partial charge >= 0.3 is 0 Å². The van der Waals surface area contributed by atoms with Crippen LogP contribution in [-0.4, -0.2) is 6.04 Å². The average Bonchev–Trinajstić information content (AvgIpc) is 3.12. The second kappa shape index (κ2) is 12.3. The number of nitrogens with one attached hydrogen (secondary N) is 1. The third-order valence-electron chi connectivity index (χ3n) is 12.0. The monoisotopic (exact) mass is 524 g/mol. The van der Waals surface area contributed by atoms with Gasteiger partial charge in [-0.1, -0.05) is 107 Å². The minimum atomic E-state index is 0.233. The molecule has 1 saturated heterocycles. The van der Waals surface area contributed by atoms with E-state index >= 15 is 0 Å². The van der Waals surface area contributed by atoms with E-state index < -0.39 is 0 Å². The normalized spacial score (nSPS) is 45.3. The molecule has 218 valence electrons. The summed E-state index contributed by atoms with van der Waals surface area (Å²) in [6, 6.07) is 0.500. The number of hydrogen-bond donors (Lipinski definition) is 1. The zero-order valence-electron chi connectivity index (χ0n) is 27.3. The van der Waals surface area contributed by atoms with Crippen LogP contribution in [0.2, 0.25) is 0 Å². The summed E-state index contributed by atoms with van der Waals surface area (Å²) in [4.78, 5) is 0. The van der Waals surface area contributed by atoms with Crippen molar-refractivity contribution < 1.29 is 0 Å².